The van der Waals surface area contributed by atoms with Gasteiger partial charge < -0.3 is 10.6 Å². The van der Waals surface area contributed by atoms with Crippen LogP contribution in [-0.2, 0) is 19.6 Å². The highest BCUT2D eigenvalue weighted by Crippen LogP contribution is 2.18. The smallest absolute Gasteiger partial charge is 0.244 e. The molecule has 2 amide bonds. The molecular formula is C23H21F2N3O4S. The maximum atomic E-state index is 13.9. The van der Waals surface area contributed by atoms with Crippen LogP contribution in [0.1, 0.15) is 5.56 Å². The van der Waals surface area contributed by atoms with E-state index in [1.54, 1.807) is 19.1 Å². The minimum Gasteiger partial charge on any atom is -0.322 e. The van der Waals surface area contributed by atoms with E-state index in [9.17, 15) is 26.8 Å². The van der Waals surface area contributed by atoms with E-state index >= 15 is 0 Å². The summed E-state index contributed by atoms with van der Waals surface area (Å²) >= 11 is 0. The van der Waals surface area contributed by atoms with Gasteiger partial charge in [0.1, 0.15) is 11.6 Å². The molecule has 0 aliphatic rings. The number of carbonyl (C=O) groups is 2. The summed E-state index contributed by atoms with van der Waals surface area (Å²) in [7, 11) is -4.29. The Kier molecular flexibility index (Phi) is 7.52. The number of nitrogens with zero attached hydrogens (tertiary/aromatic N) is 1. The van der Waals surface area contributed by atoms with E-state index in [1.165, 1.54) is 48.5 Å². The van der Waals surface area contributed by atoms with Crippen molar-refractivity contribution in [1.29, 1.82) is 0 Å². The molecule has 7 nitrogen and oxygen atoms in total. The summed E-state index contributed by atoms with van der Waals surface area (Å²) in [5.41, 5.74) is 0.548. The molecule has 10 heteroatoms. The lowest BCUT2D eigenvalue weighted by molar-refractivity contribution is -0.118. The molecule has 172 valence electrons. The first-order valence-corrected chi connectivity index (χ1v) is 11.3. The Labute approximate surface area is 190 Å². The lowest BCUT2D eigenvalue weighted by Crippen LogP contribution is -2.42. The highest BCUT2D eigenvalue weighted by atomic mass is 32.2. The summed E-state index contributed by atoms with van der Waals surface area (Å²) in [5, 5.41) is 4.59. The van der Waals surface area contributed by atoms with Gasteiger partial charge in [-0.2, -0.15) is 4.31 Å². The average molecular weight is 474 g/mol. The highest BCUT2D eigenvalue weighted by molar-refractivity contribution is 7.89. The van der Waals surface area contributed by atoms with Gasteiger partial charge in [-0.05, 0) is 43.3 Å². The molecular weight excluding hydrogens is 452 g/mol. The fraction of sp³-hybridized carbons (Fsp3) is 0.130. The van der Waals surface area contributed by atoms with Crippen LogP contribution in [0.15, 0.2) is 77.7 Å². The molecule has 0 radical (unpaired) electrons. The van der Waals surface area contributed by atoms with E-state index in [0.717, 1.165) is 17.7 Å². The summed E-state index contributed by atoms with van der Waals surface area (Å²) in [6.07, 6.45) is 0. The van der Waals surface area contributed by atoms with Crippen molar-refractivity contribution in [3.63, 3.8) is 0 Å². The van der Waals surface area contributed by atoms with E-state index in [1.807, 2.05) is 0 Å². The zero-order valence-corrected chi connectivity index (χ0v) is 18.4. The molecule has 0 aliphatic carbocycles. The zero-order valence-electron chi connectivity index (χ0n) is 17.6. The van der Waals surface area contributed by atoms with Crippen molar-refractivity contribution in [2.24, 2.45) is 0 Å². The summed E-state index contributed by atoms with van der Waals surface area (Å²) in [6.45, 7) is 0.238. The number of aryl methyl sites for hydroxylation is 1. The topological polar surface area (TPSA) is 95.6 Å². The van der Waals surface area contributed by atoms with Crippen LogP contribution in [0.2, 0.25) is 0 Å². The predicted molar refractivity (Wildman–Crippen MR) is 120 cm³/mol. The van der Waals surface area contributed by atoms with Crippen molar-refractivity contribution in [1.82, 2.24) is 4.31 Å². The van der Waals surface area contributed by atoms with Gasteiger partial charge in [0.25, 0.3) is 0 Å². The summed E-state index contributed by atoms with van der Waals surface area (Å²) < 4.78 is 54.7. The molecule has 0 aromatic heterocycles. The van der Waals surface area contributed by atoms with Crippen LogP contribution < -0.4 is 10.6 Å². The number of nitrogens with one attached hydrogen (secondary N) is 2. The lowest BCUT2D eigenvalue weighted by Gasteiger charge is -2.21. The Hall–Kier alpha value is -3.63. The van der Waals surface area contributed by atoms with E-state index in [4.69, 9.17) is 0 Å². The number of hydrogen-bond donors (Lipinski definition) is 2. The zero-order chi connectivity index (χ0) is 24.0. The monoisotopic (exact) mass is 473 g/mol. The Bertz CT molecular complexity index is 1200. The Balaban J connectivity index is 1.84. The molecule has 0 bridgehead atoms. The summed E-state index contributed by atoms with van der Waals surface area (Å²) in [5.74, 6) is -3.10. The molecule has 3 aromatic rings. The van der Waals surface area contributed by atoms with Crippen LogP contribution in [0.5, 0.6) is 0 Å². The van der Waals surface area contributed by atoms with E-state index < -0.39 is 46.6 Å². The van der Waals surface area contributed by atoms with E-state index in [0.29, 0.717) is 4.31 Å². The molecule has 0 fully saturated rings. The van der Waals surface area contributed by atoms with Gasteiger partial charge in [0.05, 0.1) is 29.4 Å². The fourth-order valence-electron chi connectivity index (χ4n) is 2.91. The van der Waals surface area contributed by atoms with Gasteiger partial charge in [0.15, 0.2) is 0 Å². The number of carbonyl (C=O) groups excluding carboxylic acids is 2. The molecule has 0 heterocycles. The Morgan fingerprint density at radius 1 is 0.758 bits per heavy atom. The second-order valence-corrected chi connectivity index (χ2v) is 9.08. The predicted octanol–water partition coefficient (Wildman–Crippen LogP) is 3.54. The first-order valence-electron chi connectivity index (χ1n) is 9.82. The van der Waals surface area contributed by atoms with Crippen LogP contribution >= 0.6 is 0 Å². The van der Waals surface area contributed by atoms with Crippen LogP contribution in [-0.4, -0.2) is 37.6 Å². The van der Waals surface area contributed by atoms with Gasteiger partial charge in [-0.3, -0.25) is 9.59 Å². The number of halogens is 2. The molecule has 0 atom stereocenters. The minimum absolute atomic E-state index is 0.133. The molecule has 0 spiro atoms. The van der Waals surface area contributed by atoms with Gasteiger partial charge in [-0.25, -0.2) is 17.2 Å². The van der Waals surface area contributed by atoms with Gasteiger partial charge in [0, 0.05) is 0 Å². The SMILES string of the molecule is Cc1ccc(S(=O)(=O)N(CC(=O)Nc2ccccc2F)CC(=O)Nc2ccccc2F)cc1. The third-order valence-electron chi connectivity index (χ3n) is 4.59. The number of rotatable bonds is 8. The third-order valence-corrected chi connectivity index (χ3v) is 6.40. The van der Waals surface area contributed by atoms with Crippen molar-refractivity contribution in [2.45, 2.75) is 11.8 Å². The second kappa shape index (κ2) is 10.3. The molecule has 0 saturated heterocycles. The van der Waals surface area contributed by atoms with Gasteiger partial charge in [-0.1, -0.05) is 42.0 Å². The van der Waals surface area contributed by atoms with Crippen LogP contribution in [0.3, 0.4) is 0 Å². The number of hydrogen-bond acceptors (Lipinski definition) is 4. The quantitative estimate of drug-likeness (QED) is 0.523. The second-order valence-electron chi connectivity index (χ2n) is 7.14. The third kappa shape index (κ3) is 6.21. The van der Waals surface area contributed by atoms with Crippen LogP contribution in [0, 0.1) is 18.6 Å². The number of sulfonamides is 1. The Morgan fingerprint density at radius 2 is 1.18 bits per heavy atom. The number of benzene rings is 3. The van der Waals surface area contributed by atoms with Gasteiger partial charge in [-0.15, -0.1) is 0 Å². The normalized spacial score (nSPS) is 11.3. The van der Waals surface area contributed by atoms with Crippen molar-refractivity contribution in [3.05, 3.63) is 90.0 Å². The molecule has 0 aliphatic heterocycles. The van der Waals surface area contributed by atoms with E-state index in [-0.39, 0.29) is 16.3 Å². The largest absolute Gasteiger partial charge is 0.322 e. The standard InChI is InChI=1S/C23H21F2N3O4S/c1-16-10-12-17(13-11-16)33(31,32)28(14-22(29)26-20-8-4-2-6-18(20)24)15-23(30)27-21-9-5-3-7-19(21)25/h2-13H,14-15H2,1H3,(H,26,29)(H,27,30). The molecule has 33 heavy (non-hydrogen) atoms. The molecule has 2 N–H and O–H groups in total. The van der Waals surface area contributed by atoms with Crippen molar-refractivity contribution >= 4 is 33.2 Å². The van der Waals surface area contributed by atoms with Gasteiger partial charge in [0.2, 0.25) is 21.8 Å². The maximum absolute atomic E-state index is 13.9. The molecule has 3 rings (SSSR count). The van der Waals surface area contributed by atoms with Crippen molar-refractivity contribution < 1.29 is 26.8 Å². The fourth-order valence-corrected chi connectivity index (χ4v) is 4.26. The minimum atomic E-state index is -4.29. The van der Waals surface area contributed by atoms with Crippen LogP contribution in [0.4, 0.5) is 20.2 Å². The first kappa shape index (κ1) is 24.0. The van der Waals surface area contributed by atoms with Crippen molar-refractivity contribution in [3.8, 4) is 0 Å². The Morgan fingerprint density at radius 3 is 1.61 bits per heavy atom. The summed E-state index contributed by atoms with van der Waals surface area (Å²) in [4.78, 5) is 24.9. The molecule has 0 unspecified atom stereocenters. The highest BCUT2D eigenvalue weighted by Gasteiger charge is 2.29. The number of amides is 2. The number of anilines is 2. The lowest BCUT2D eigenvalue weighted by atomic mass is 10.2. The maximum Gasteiger partial charge on any atom is 0.244 e. The molecule has 0 saturated carbocycles. The van der Waals surface area contributed by atoms with Crippen LogP contribution in [0.25, 0.3) is 0 Å². The average Bonchev–Trinajstić information content (AvgIpc) is 2.77. The van der Waals surface area contributed by atoms with Crippen molar-refractivity contribution in [2.75, 3.05) is 23.7 Å². The first-order chi connectivity index (χ1) is 15.7. The summed E-state index contributed by atoms with van der Waals surface area (Å²) in [6, 6.07) is 16.6. The molecule has 3 aromatic carbocycles. The van der Waals surface area contributed by atoms with E-state index in [2.05, 4.69) is 10.6 Å². The van der Waals surface area contributed by atoms with Gasteiger partial charge >= 0.3 is 0 Å². The number of para-hydroxylation sites is 2.